The summed E-state index contributed by atoms with van der Waals surface area (Å²) in [5.74, 6) is 0.906. The number of fused-ring (bicyclic) bond motifs is 1. The number of carbonyl (C=O) groups excluding carboxylic acids is 1. The number of hydrogen-bond acceptors (Lipinski definition) is 4. The van der Waals surface area contributed by atoms with Crippen LogP contribution in [0.5, 0.6) is 11.5 Å². The molecule has 4 aromatic rings. The smallest absolute Gasteiger partial charge is 0.262 e. The number of anilines is 2. The predicted octanol–water partition coefficient (Wildman–Crippen LogP) is 5.87. The molecule has 1 aliphatic rings. The number of carbonyl (C=O) groups is 1. The lowest BCUT2D eigenvalue weighted by Crippen LogP contribution is -2.35. The Labute approximate surface area is 204 Å². The van der Waals surface area contributed by atoms with Crippen LogP contribution in [0.3, 0.4) is 0 Å². The first-order chi connectivity index (χ1) is 16.9. The largest absolute Gasteiger partial charge is 0.455 e. The molecule has 1 heterocycles. The van der Waals surface area contributed by atoms with Crippen LogP contribution in [-0.2, 0) is 16.4 Å². The molecule has 1 amide bonds. The van der Waals surface area contributed by atoms with Crippen molar-refractivity contribution in [2.45, 2.75) is 24.3 Å². The first kappa shape index (κ1) is 22.7. The van der Waals surface area contributed by atoms with Crippen LogP contribution in [0.25, 0.3) is 0 Å². The van der Waals surface area contributed by atoms with Gasteiger partial charge >= 0.3 is 0 Å². The first-order valence-corrected chi connectivity index (χ1v) is 12.8. The van der Waals surface area contributed by atoms with E-state index in [2.05, 4.69) is 4.72 Å². The lowest BCUT2D eigenvalue weighted by molar-refractivity contribution is 0.0981. The van der Waals surface area contributed by atoms with Gasteiger partial charge in [0.1, 0.15) is 5.75 Å². The van der Waals surface area contributed by atoms with Crippen molar-refractivity contribution in [1.29, 1.82) is 0 Å². The van der Waals surface area contributed by atoms with Gasteiger partial charge in [-0.25, -0.2) is 8.42 Å². The van der Waals surface area contributed by atoms with Crippen LogP contribution in [0.15, 0.2) is 108 Å². The molecule has 35 heavy (non-hydrogen) atoms. The van der Waals surface area contributed by atoms with Crippen LogP contribution in [0.4, 0.5) is 11.4 Å². The Kier molecular flexibility index (Phi) is 6.01. The highest BCUT2D eigenvalue weighted by Crippen LogP contribution is 2.36. The summed E-state index contributed by atoms with van der Waals surface area (Å²) in [5.41, 5.74) is 2.49. The van der Waals surface area contributed by atoms with Crippen molar-refractivity contribution >= 4 is 27.3 Å². The molecular weight excluding hydrogens is 460 g/mol. The van der Waals surface area contributed by atoms with E-state index in [1.807, 2.05) is 43.3 Å². The fraction of sp³-hybridized carbons (Fsp3) is 0.107. The van der Waals surface area contributed by atoms with Crippen LogP contribution in [0.1, 0.15) is 22.8 Å². The molecule has 176 valence electrons. The predicted molar refractivity (Wildman–Crippen MR) is 137 cm³/mol. The van der Waals surface area contributed by atoms with E-state index in [4.69, 9.17) is 4.74 Å². The summed E-state index contributed by atoms with van der Waals surface area (Å²) in [6.45, 7) is 1.96. The highest BCUT2D eigenvalue weighted by molar-refractivity contribution is 7.92. The molecule has 0 fully saturated rings. The van der Waals surface area contributed by atoms with Crippen LogP contribution < -0.4 is 14.4 Å². The summed E-state index contributed by atoms with van der Waals surface area (Å²) in [4.78, 5) is 15.0. The summed E-state index contributed by atoms with van der Waals surface area (Å²) in [6.07, 6.45) is 0.574. The third kappa shape index (κ3) is 4.63. The number of nitrogens with one attached hydrogen (secondary N) is 1. The maximum atomic E-state index is 13.3. The van der Waals surface area contributed by atoms with E-state index < -0.39 is 10.0 Å². The number of para-hydroxylation sites is 3. The van der Waals surface area contributed by atoms with Gasteiger partial charge in [-0.2, -0.15) is 0 Å². The minimum absolute atomic E-state index is 0.0800. The lowest BCUT2D eigenvalue weighted by Gasteiger charge is -2.23. The minimum atomic E-state index is -3.89. The molecule has 0 saturated heterocycles. The van der Waals surface area contributed by atoms with Gasteiger partial charge < -0.3 is 9.64 Å². The van der Waals surface area contributed by atoms with E-state index in [-0.39, 0.29) is 16.8 Å². The van der Waals surface area contributed by atoms with E-state index in [0.29, 0.717) is 29.2 Å². The minimum Gasteiger partial charge on any atom is -0.455 e. The monoisotopic (exact) mass is 484 g/mol. The fourth-order valence-electron chi connectivity index (χ4n) is 4.26. The first-order valence-electron chi connectivity index (χ1n) is 11.3. The van der Waals surface area contributed by atoms with Gasteiger partial charge in [0.15, 0.2) is 5.75 Å². The fourth-order valence-corrected chi connectivity index (χ4v) is 5.38. The summed E-state index contributed by atoms with van der Waals surface area (Å²) < 4.78 is 35.1. The van der Waals surface area contributed by atoms with E-state index in [0.717, 1.165) is 11.3 Å². The topological polar surface area (TPSA) is 75.7 Å². The third-order valence-electron chi connectivity index (χ3n) is 5.92. The zero-order valence-corrected chi connectivity index (χ0v) is 19.9. The normalized spacial score (nSPS) is 14.9. The maximum Gasteiger partial charge on any atom is 0.262 e. The Hall–Kier alpha value is -4.10. The molecule has 7 heteroatoms. The van der Waals surface area contributed by atoms with E-state index in [1.54, 1.807) is 65.6 Å². The summed E-state index contributed by atoms with van der Waals surface area (Å²) in [5, 5.41) is 0. The van der Waals surface area contributed by atoms with Crippen LogP contribution in [-0.4, -0.2) is 20.4 Å². The number of nitrogens with zero attached hydrogens (tertiary/aromatic N) is 1. The molecule has 0 saturated carbocycles. The molecule has 0 spiro atoms. The van der Waals surface area contributed by atoms with E-state index in [9.17, 15) is 13.2 Å². The molecule has 4 aromatic carbocycles. The number of sulfonamides is 1. The van der Waals surface area contributed by atoms with Gasteiger partial charge in [0.25, 0.3) is 15.9 Å². The van der Waals surface area contributed by atoms with Gasteiger partial charge in [0.2, 0.25) is 0 Å². The quantitative estimate of drug-likeness (QED) is 0.371. The number of amides is 1. The molecule has 0 radical (unpaired) electrons. The molecular formula is C28H24N2O4S. The highest BCUT2D eigenvalue weighted by atomic mass is 32.2. The van der Waals surface area contributed by atoms with Crippen molar-refractivity contribution in [2.75, 3.05) is 9.62 Å². The third-order valence-corrected chi connectivity index (χ3v) is 7.28. The second-order valence-corrected chi connectivity index (χ2v) is 10.1. The Morgan fingerprint density at radius 1 is 0.886 bits per heavy atom. The molecule has 5 rings (SSSR count). The molecule has 0 bridgehead atoms. The van der Waals surface area contributed by atoms with E-state index in [1.165, 1.54) is 6.07 Å². The second-order valence-electron chi connectivity index (χ2n) is 8.40. The standard InChI is InChI=1S/C28H24N2O4S/c1-20-18-22-19-24(16-17-26(22)30(20)28(31)21-10-4-2-5-11-21)35(32,33)29-25-14-8-9-15-27(25)34-23-12-6-3-7-13-23/h2-17,19-20,29H,18H2,1H3/t20-/m1/s1. The molecule has 6 nitrogen and oxygen atoms in total. The summed E-state index contributed by atoms with van der Waals surface area (Å²) in [6, 6.07) is 30.0. The van der Waals surface area contributed by atoms with Crippen molar-refractivity contribution in [3.63, 3.8) is 0 Å². The maximum absolute atomic E-state index is 13.3. The number of rotatable bonds is 6. The average Bonchev–Trinajstić information content (AvgIpc) is 3.20. The van der Waals surface area contributed by atoms with Gasteiger partial charge in [-0.1, -0.05) is 48.5 Å². The molecule has 1 aliphatic heterocycles. The number of benzene rings is 4. The molecule has 0 unspecified atom stereocenters. The highest BCUT2D eigenvalue weighted by Gasteiger charge is 2.32. The zero-order valence-electron chi connectivity index (χ0n) is 19.1. The van der Waals surface area contributed by atoms with Gasteiger partial charge in [-0.05, 0) is 73.5 Å². The van der Waals surface area contributed by atoms with Crippen molar-refractivity contribution in [3.8, 4) is 11.5 Å². The Morgan fingerprint density at radius 3 is 2.29 bits per heavy atom. The Bertz CT molecular complexity index is 1470. The Morgan fingerprint density at radius 2 is 1.54 bits per heavy atom. The van der Waals surface area contributed by atoms with Crippen molar-refractivity contribution < 1.29 is 17.9 Å². The number of hydrogen-bond donors (Lipinski definition) is 1. The second kappa shape index (κ2) is 9.27. The zero-order chi connectivity index (χ0) is 24.4. The number of ether oxygens (including phenoxy) is 1. The SMILES string of the molecule is C[C@@H]1Cc2cc(S(=O)(=O)Nc3ccccc3Oc3ccccc3)ccc2N1C(=O)c1ccccc1. The molecule has 1 atom stereocenters. The summed E-state index contributed by atoms with van der Waals surface area (Å²) >= 11 is 0. The van der Waals surface area contributed by atoms with Gasteiger partial charge in [0, 0.05) is 17.3 Å². The molecule has 0 aliphatic carbocycles. The Balaban J connectivity index is 1.41. The molecule has 0 aromatic heterocycles. The van der Waals surface area contributed by atoms with Crippen LogP contribution in [0.2, 0.25) is 0 Å². The van der Waals surface area contributed by atoms with Gasteiger partial charge in [0.05, 0.1) is 10.6 Å². The van der Waals surface area contributed by atoms with Crippen molar-refractivity contribution in [2.24, 2.45) is 0 Å². The lowest BCUT2D eigenvalue weighted by atomic mass is 10.1. The van der Waals surface area contributed by atoms with Crippen LogP contribution in [0, 0.1) is 0 Å². The summed E-state index contributed by atoms with van der Waals surface area (Å²) in [7, 11) is -3.89. The van der Waals surface area contributed by atoms with Crippen LogP contribution >= 0.6 is 0 Å². The van der Waals surface area contributed by atoms with Crippen molar-refractivity contribution in [3.05, 3.63) is 114 Å². The molecule has 1 N–H and O–H groups in total. The van der Waals surface area contributed by atoms with Gasteiger partial charge in [-0.3, -0.25) is 9.52 Å². The van der Waals surface area contributed by atoms with E-state index >= 15 is 0 Å². The average molecular weight is 485 g/mol. The van der Waals surface area contributed by atoms with Gasteiger partial charge in [-0.15, -0.1) is 0 Å². The van der Waals surface area contributed by atoms with Crippen molar-refractivity contribution in [1.82, 2.24) is 0 Å².